The molecule has 20 heavy (non-hydrogen) atoms. The smallest absolute Gasteiger partial charge is 0.225 e. The zero-order chi connectivity index (χ0) is 13.9. The van der Waals surface area contributed by atoms with Gasteiger partial charge in [0.25, 0.3) is 0 Å². The topological polar surface area (TPSA) is 54.3 Å². The lowest BCUT2D eigenvalue weighted by molar-refractivity contribution is -0.138. The first-order valence-corrected chi connectivity index (χ1v) is 7.57. The third kappa shape index (κ3) is 2.85. The van der Waals surface area contributed by atoms with Crippen molar-refractivity contribution in [1.82, 2.24) is 24.8 Å². The lowest BCUT2D eigenvalue weighted by Gasteiger charge is -2.36. The van der Waals surface area contributed by atoms with Crippen LogP contribution in [0.25, 0.3) is 0 Å². The predicted molar refractivity (Wildman–Crippen MR) is 75.1 cm³/mol. The van der Waals surface area contributed by atoms with E-state index in [1.165, 1.54) is 0 Å². The van der Waals surface area contributed by atoms with Crippen LogP contribution in [-0.2, 0) is 4.79 Å². The van der Waals surface area contributed by atoms with Crippen molar-refractivity contribution in [3.8, 4) is 0 Å². The molecule has 1 amide bonds. The van der Waals surface area contributed by atoms with Crippen LogP contribution in [0.5, 0.6) is 0 Å². The molecule has 6 nitrogen and oxygen atoms in total. The number of likely N-dealkylation sites (tertiary alicyclic amines) is 2. The van der Waals surface area contributed by atoms with E-state index in [2.05, 4.69) is 27.2 Å². The second-order valence-electron chi connectivity index (χ2n) is 6.02. The van der Waals surface area contributed by atoms with Gasteiger partial charge in [-0.1, -0.05) is 5.21 Å². The number of amides is 1. The molecule has 2 fully saturated rings. The third-order valence-electron chi connectivity index (χ3n) is 4.66. The molecule has 2 aliphatic rings. The number of carbonyl (C=O) groups excluding carboxylic acids is 1. The quantitative estimate of drug-likeness (QED) is 0.802. The summed E-state index contributed by atoms with van der Waals surface area (Å²) < 4.78 is 1.93. The summed E-state index contributed by atoms with van der Waals surface area (Å²) >= 11 is 0. The Morgan fingerprint density at radius 2 is 1.80 bits per heavy atom. The van der Waals surface area contributed by atoms with E-state index in [4.69, 9.17) is 0 Å². The molecule has 110 valence electrons. The number of aromatic nitrogens is 3. The van der Waals surface area contributed by atoms with Crippen LogP contribution in [0.1, 0.15) is 31.7 Å². The van der Waals surface area contributed by atoms with Gasteiger partial charge in [0, 0.05) is 25.2 Å². The molecule has 3 heterocycles. The van der Waals surface area contributed by atoms with Crippen molar-refractivity contribution in [2.45, 2.75) is 31.7 Å². The van der Waals surface area contributed by atoms with Gasteiger partial charge in [-0.05, 0) is 45.8 Å². The van der Waals surface area contributed by atoms with E-state index in [1.54, 1.807) is 6.20 Å². The van der Waals surface area contributed by atoms with Crippen LogP contribution in [0.3, 0.4) is 0 Å². The number of hydrogen-bond donors (Lipinski definition) is 0. The zero-order valence-corrected chi connectivity index (χ0v) is 12.1. The summed E-state index contributed by atoms with van der Waals surface area (Å²) in [4.78, 5) is 16.9. The second kappa shape index (κ2) is 5.91. The van der Waals surface area contributed by atoms with Crippen LogP contribution < -0.4 is 0 Å². The number of rotatable bonds is 2. The molecule has 3 rings (SSSR count). The molecule has 0 bridgehead atoms. The number of piperidine rings is 2. The maximum absolute atomic E-state index is 12.5. The molecule has 0 unspecified atom stereocenters. The molecule has 1 aromatic heterocycles. The molecular formula is C14H23N5O. The summed E-state index contributed by atoms with van der Waals surface area (Å²) in [6, 6.07) is 0.402. The van der Waals surface area contributed by atoms with Gasteiger partial charge in [0.05, 0.1) is 12.2 Å². The molecule has 1 aromatic rings. The Bertz CT molecular complexity index is 430. The summed E-state index contributed by atoms with van der Waals surface area (Å²) in [5.74, 6) is 0.615. The van der Waals surface area contributed by atoms with E-state index in [-0.39, 0.29) is 5.92 Å². The van der Waals surface area contributed by atoms with Gasteiger partial charge in [-0.3, -0.25) is 4.79 Å². The zero-order valence-electron chi connectivity index (χ0n) is 12.1. The average molecular weight is 277 g/mol. The fourth-order valence-electron chi connectivity index (χ4n) is 3.28. The summed E-state index contributed by atoms with van der Waals surface area (Å²) in [6.45, 7) is 3.81. The summed E-state index contributed by atoms with van der Waals surface area (Å²) in [6.07, 6.45) is 7.63. The highest BCUT2D eigenvalue weighted by atomic mass is 16.2. The van der Waals surface area contributed by atoms with Crippen LogP contribution in [0.15, 0.2) is 12.4 Å². The largest absolute Gasteiger partial charge is 0.342 e. The monoisotopic (exact) mass is 277 g/mol. The number of carbonyl (C=O) groups is 1. The van der Waals surface area contributed by atoms with Crippen LogP contribution in [-0.4, -0.2) is 63.9 Å². The van der Waals surface area contributed by atoms with Crippen molar-refractivity contribution in [1.29, 1.82) is 0 Å². The highest BCUT2D eigenvalue weighted by Crippen LogP contribution is 2.25. The molecule has 2 aliphatic heterocycles. The van der Waals surface area contributed by atoms with E-state index >= 15 is 0 Å². The number of hydrogen-bond acceptors (Lipinski definition) is 4. The van der Waals surface area contributed by atoms with E-state index in [1.807, 2.05) is 10.9 Å². The van der Waals surface area contributed by atoms with Crippen molar-refractivity contribution in [3.63, 3.8) is 0 Å². The van der Waals surface area contributed by atoms with Crippen molar-refractivity contribution in [2.75, 3.05) is 33.2 Å². The van der Waals surface area contributed by atoms with Crippen molar-refractivity contribution in [2.24, 2.45) is 5.92 Å². The van der Waals surface area contributed by atoms with Crippen LogP contribution >= 0.6 is 0 Å². The fraction of sp³-hybridized carbons (Fsp3) is 0.786. The molecule has 0 spiro atoms. The normalized spacial score (nSPS) is 23.1. The molecule has 0 N–H and O–H groups in total. The van der Waals surface area contributed by atoms with Crippen molar-refractivity contribution >= 4 is 5.91 Å². The minimum atomic E-state index is 0.245. The standard InChI is InChI=1S/C14H23N5O/c1-17-7-2-12(3-8-17)14(20)18-9-4-13(5-10-18)19-11-6-15-16-19/h6,11-13H,2-5,7-10H2,1H3. The molecule has 0 saturated carbocycles. The Balaban J connectivity index is 1.51. The van der Waals surface area contributed by atoms with Gasteiger partial charge in [-0.2, -0.15) is 0 Å². The van der Waals surface area contributed by atoms with Gasteiger partial charge in [0.1, 0.15) is 0 Å². The predicted octanol–water partition coefficient (Wildman–Crippen LogP) is 0.783. The van der Waals surface area contributed by atoms with Gasteiger partial charge >= 0.3 is 0 Å². The lowest BCUT2D eigenvalue weighted by atomic mass is 9.94. The van der Waals surface area contributed by atoms with Crippen LogP contribution in [0, 0.1) is 5.92 Å². The molecule has 0 radical (unpaired) electrons. The van der Waals surface area contributed by atoms with Gasteiger partial charge in [-0.25, -0.2) is 4.68 Å². The van der Waals surface area contributed by atoms with Crippen LogP contribution in [0.2, 0.25) is 0 Å². The minimum absolute atomic E-state index is 0.245. The maximum atomic E-state index is 12.5. The third-order valence-corrected chi connectivity index (χ3v) is 4.66. The molecule has 2 saturated heterocycles. The van der Waals surface area contributed by atoms with E-state index in [9.17, 15) is 4.79 Å². The van der Waals surface area contributed by atoms with E-state index in [0.717, 1.165) is 51.9 Å². The Morgan fingerprint density at radius 3 is 2.40 bits per heavy atom. The molecule has 0 aromatic carbocycles. The highest BCUT2D eigenvalue weighted by molar-refractivity contribution is 5.79. The molecule has 0 atom stereocenters. The number of nitrogens with zero attached hydrogens (tertiary/aromatic N) is 5. The Labute approximate surface area is 119 Å². The molecular weight excluding hydrogens is 254 g/mol. The molecule has 0 aliphatic carbocycles. The summed E-state index contributed by atoms with van der Waals surface area (Å²) in [5.41, 5.74) is 0. The minimum Gasteiger partial charge on any atom is -0.342 e. The highest BCUT2D eigenvalue weighted by Gasteiger charge is 2.30. The van der Waals surface area contributed by atoms with Gasteiger partial charge in [-0.15, -0.1) is 5.10 Å². The SMILES string of the molecule is CN1CCC(C(=O)N2CCC(n3ccnn3)CC2)CC1. The second-order valence-corrected chi connectivity index (χ2v) is 6.02. The van der Waals surface area contributed by atoms with E-state index < -0.39 is 0 Å². The van der Waals surface area contributed by atoms with Crippen LogP contribution in [0.4, 0.5) is 0 Å². The van der Waals surface area contributed by atoms with Crippen molar-refractivity contribution in [3.05, 3.63) is 12.4 Å². The molecule has 6 heteroatoms. The fourth-order valence-corrected chi connectivity index (χ4v) is 3.28. The first-order chi connectivity index (χ1) is 9.74. The first-order valence-electron chi connectivity index (χ1n) is 7.57. The Kier molecular flexibility index (Phi) is 4.00. The van der Waals surface area contributed by atoms with Gasteiger partial charge < -0.3 is 9.80 Å². The van der Waals surface area contributed by atoms with E-state index in [0.29, 0.717) is 11.9 Å². The average Bonchev–Trinajstić information content (AvgIpc) is 3.02. The maximum Gasteiger partial charge on any atom is 0.225 e. The Hall–Kier alpha value is -1.43. The Morgan fingerprint density at radius 1 is 1.10 bits per heavy atom. The lowest BCUT2D eigenvalue weighted by Crippen LogP contribution is -2.45. The summed E-state index contributed by atoms with van der Waals surface area (Å²) in [7, 11) is 2.13. The summed E-state index contributed by atoms with van der Waals surface area (Å²) in [5, 5.41) is 7.93. The van der Waals surface area contributed by atoms with Gasteiger partial charge in [0.2, 0.25) is 5.91 Å². The van der Waals surface area contributed by atoms with Crippen molar-refractivity contribution < 1.29 is 4.79 Å². The van der Waals surface area contributed by atoms with Gasteiger partial charge in [0.15, 0.2) is 0 Å². The first kappa shape index (κ1) is 13.5.